The third kappa shape index (κ3) is 5.48. The van der Waals surface area contributed by atoms with Crippen LogP contribution in [0.15, 0.2) is 42.5 Å². The molecule has 0 aliphatic carbocycles. The van der Waals surface area contributed by atoms with E-state index in [0.29, 0.717) is 17.1 Å². The minimum Gasteiger partial charge on any atom is -0.491 e. The Morgan fingerprint density at radius 3 is 2.29 bits per heavy atom. The molecule has 0 fully saturated rings. The van der Waals surface area contributed by atoms with Gasteiger partial charge in [-0.3, -0.25) is 9.10 Å². The number of nitrogens with zero attached hydrogens (tertiary/aromatic N) is 1. The van der Waals surface area contributed by atoms with Crippen LogP contribution in [0.5, 0.6) is 5.75 Å². The molecule has 0 aromatic heterocycles. The monoisotopic (exact) mass is 404 g/mol. The standard InChI is InChI=1S/C21H28N2O4S/c1-14(2)27-20-9-7-8-18(13-20)22-21(24)17(5)23(28(6,25)26)19-11-10-15(3)16(4)12-19/h7-14,17H,1-6H3,(H,22,24)/t17-/m0/s1. The van der Waals surface area contributed by atoms with Gasteiger partial charge in [0.15, 0.2) is 0 Å². The normalized spacial score (nSPS) is 12.5. The van der Waals surface area contributed by atoms with Crippen LogP contribution in [-0.2, 0) is 14.8 Å². The molecule has 2 rings (SSSR count). The highest BCUT2D eigenvalue weighted by atomic mass is 32.2. The fourth-order valence-electron chi connectivity index (χ4n) is 2.84. The molecule has 0 aliphatic rings. The minimum absolute atomic E-state index is 0.00961. The number of carbonyl (C=O) groups is 1. The van der Waals surface area contributed by atoms with Crippen LogP contribution in [0.1, 0.15) is 31.9 Å². The van der Waals surface area contributed by atoms with Crippen molar-refractivity contribution in [1.82, 2.24) is 0 Å². The molecule has 28 heavy (non-hydrogen) atoms. The molecular weight excluding hydrogens is 376 g/mol. The van der Waals surface area contributed by atoms with Crippen molar-refractivity contribution in [2.24, 2.45) is 0 Å². The van der Waals surface area contributed by atoms with E-state index in [-0.39, 0.29) is 6.10 Å². The predicted molar refractivity (Wildman–Crippen MR) is 114 cm³/mol. The molecule has 0 heterocycles. The van der Waals surface area contributed by atoms with Crippen LogP contribution in [0.25, 0.3) is 0 Å². The first-order valence-electron chi connectivity index (χ1n) is 9.13. The third-order valence-electron chi connectivity index (χ3n) is 4.31. The Bertz CT molecular complexity index is 955. The van der Waals surface area contributed by atoms with E-state index in [1.807, 2.05) is 33.8 Å². The zero-order chi connectivity index (χ0) is 21.1. The fraction of sp³-hybridized carbons (Fsp3) is 0.381. The number of carbonyl (C=O) groups excluding carboxylic acids is 1. The van der Waals surface area contributed by atoms with Gasteiger partial charge in [-0.25, -0.2) is 8.42 Å². The summed E-state index contributed by atoms with van der Waals surface area (Å²) in [5, 5.41) is 2.78. The molecule has 152 valence electrons. The maximum atomic E-state index is 12.8. The zero-order valence-electron chi connectivity index (χ0n) is 17.2. The largest absolute Gasteiger partial charge is 0.491 e. The highest BCUT2D eigenvalue weighted by molar-refractivity contribution is 7.92. The van der Waals surface area contributed by atoms with Gasteiger partial charge in [-0.15, -0.1) is 0 Å². The number of amides is 1. The summed E-state index contributed by atoms with van der Waals surface area (Å²) in [6.07, 6.45) is 1.11. The van der Waals surface area contributed by atoms with Crippen LogP contribution in [0.4, 0.5) is 11.4 Å². The number of aryl methyl sites for hydroxylation is 2. The van der Waals surface area contributed by atoms with E-state index in [9.17, 15) is 13.2 Å². The first kappa shape index (κ1) is 21.8. The molecule has 0 saturated heterocycles. The quantitative estimate of drug-likeness (QED) is 0.760. The van der Waals surface area contributed by atoms with Crippen molar-refractivity contribution in [1.29, 1.82) is 0 Å². The lowest BCUT2D eigenvalue weighted by molar-refractivity contribution is -0.116. The maximum Gasteiger partial charge on any atom is 0.247 e. The van der Waals surface area contributed by atoms with Crippen molar-refractivity contribution in [2.45, 2.75) is 46.8 Å². The van der Waals surface area contributed by atoms with Crippen LogP contribution in [0.3, 0.4) is 0 Å². The summed E-state index contributed by atoms with van der Waals surface area (Å²) in [5.74, 6) is 0.208. The molecular formula is C21H28N2O4S. The number of sulfonamides is 1. The van der Waals surface area contributed by atoms with Gasteiger partial charge in [0.05, 0.1) is 18.0 Å². The van der Waals surface area contributed by atoms with Crippen molar-refractivity contribution in [3.63, 3.8) is 0 Å². The van der Waals surface area contributed by atoms with Gasteiger partial charge in [0.2, 0.25) is 15.9 Å². The van der Waals surface area contributed by atoms with Crippen molar-refractivity contribution in [3.8, 4) is 5.75 Å². The summed E-state index contributed by atoms with van der Waals surface area (Å²) in [5.41, 5.74) is 3.02. The second-order valence-corrected chi connectivity index (χ2v) is 9.05. The molecule has 1 amide bonds. The van der Waals surface area contributed by atoms with E-state index in [1.54, 1.807) is 43.3 Å². The number of nitrogens with one attached hydrogen (secondary N) is 1. The molecule has 1 N–H and O–H groups in total. The summed E-state index contributed by atoms with van der Waals surface area (Å²) in [6, 6.07) is 11.4. The Hall–Kier alpha value is -2.54. The highest BCUT2D eigenvalue weighted by Crippen LogP contribution is 2.25. The second-order valence-electron chi connectivity index (χ2n) is 7.19. The summed E-state index contributed by atoms with van der Waals surface area (Å²) < 4.78 is 31.6. The summed E-state index contributed by atoms with van der Waals surface area (Å²) in [6.45, 7) is 9.26. The molecule has 6 nitrogen and oxygen atoms in total. The minimum atomic E-state index is -3.66. The second kappa shape index (κ2) is 8.65. The number of benzene rings is 2. The lowest BCUT2D eigenvalue weighted by atomic mass is 10.1. The Labute approximate surface area is 167 Å². The number of anilines is 2. The molecule has 0 saturated carbocycles. The SMILES string of the molecule is Cc1ccc(N([C@@H](C)C(=O)Nc2cccc(OC(C)C)c2)S(C)(=O)=O)cc1C. The van der Waals surface area contributed by atoms with E-state index in [1.165, 1.54) is 0 Å². The molecule has 0 bridgehead atoms. The number of ether oxygens (including phenoxy) is 1. The van der Waals surface area contributed by atoms with Gasteiger partial charge in [-0.1, -0.05) is 12.1 Å². The Balaban J connectivity index is 2.28. The van der Waals surface area contributed by atoms with Crippen LogP contribution >= 0.6 is 0 Å². The van der Waals surface area contributed by atoms with Crippen molar-refractivity contribution >= 4 is 27.3 Å². The third-order valence-corrected chi connectivity index (χ3v) is 5.55. The lowest BCUT2D eigenvalue weighted by Gasteiger charge is -2.28. The number of hydrogen-bond acceptors (Lipinski definition) is 4. The van der Waals surface area contributed by atoms with Crippen LogP contribution in [-0.4, -0.2) is 32.7 Å². The summed E-state index contributed by atoms with van der Waals surface area (Å²) >= 11 is 0. The van der Waals surface area contributed by atoms with Gasteiger partial charge in [0, 0.05) is 11.8 Å². The highest BCUT2D eigenvalue weighted by Gasteiger charge is 2.29. The van der Waals surface area contributed by atoms with Gasteiger partial charge < -0.3 is 10.1 Å². The topological polar surface area (TPSA) is 75.7 Å². The van der Waals surface area contributed by atoms with E-state index in [0.717, 1.165) is 21.7 Å². The molecule has 0 spiro atoms. The Morgan fingerprint density at radius 2 is 1.71 bits per heavy atom. The summed E-state index contributed by atoms with van der Waals surface area (Å²) in [7, 11) is -3.66. The smallest absolute Gasteiger partial charge is 0.247 e. The lowest BCUT2D eigenvalue weighted by Crippen LogP contribution is -2.45. The predicted octanol–water partition coefficient (Wildman–Crippen LogP) is 3.88. The molecule has 2 aromatic rings. The maximum absolute atomic E-state index is 12.8. The van der Waals surface area contributed by atoms with E-state index in [4.69, 9.17) is 4.74 Å². The van der Waals surface area contributed by atoms with E-state index >= 15 is 0 Å². The van der Waals surface area contributed by atoms with E-state index < -0.39 is 22.0 Å². The van der Waals surface area contributed by atoms with Crippen LogP contribution in [0.2, 0.25) is 0 Å². The number of hydrogen-bond donors (Lipinski definition) is 1. The molecule has 1 atom stereocenters. The van der Waals surface area contributed by atoms with Gasteiger partial charge >= 0.3 is 0 Å². The van der Waals surface area contributed by atoms with Gasteiger partial charge in [-0.2, -0.15) is 0 Å². The molecule has 0 unspecified atom stereocenters. The van der Waals surface area contributed by atoms with Gasteiger partial charge in [0.1, 0.15) is 11.8 Å². The summed E-state index contributed by atoms with van der Waals surface area (Å²) in [4.78, 5) is 12.8. The first-order valence-corrected chi connectivity index (χ1v) is 11.0. The van der Waals surface area contributed by atoms with Crippen molar-refractivity contribution in [2.75, 3.05) is 15.9 Å². The average Bonchev–Trinajstić information content (AvgIpc) is 2.56. The molecule has 7 heteroatoms. The van der Waals surface area contributed by atoms with Crippen LogP contribution < -0.4 is 14.4 Å². The molecule has 0 aliphatic heterocycles. The van der Waals surface area contributed by atoms with Gasteiger partial charge in [0.25, 0.3) is 0 Å². The Morgan fingerprint density at radius 1 is 1.04 bits per heavy atom. The average molecular weight is 405 g/mol. The zero-order valence-corrected chi connectivity index (χ0v) is 18.0. The van der Waals surface area contributed by atoms with E-state index in [2.05, 4.69) is 5.32 Å². The van der Waals surface area contributed by atoms with Crippen molar-refractivity contribution < 1.29 is 17.9 Å². The Kier molecular flexibility index (Phi) is 6.72. The van der Waals surface area contributed by atoms with Gasteiger partial charge in [-0.05, 0) is 70.0 Å². The first-order chi connectivity index (χ1) is 13.0. The molecule has 0 radical (unpaired) electrons. The van der Waals surface area contributed by atoms with Crippen molar-refractivity contribution in [3.05, 3.63) is 53.6 Å². The number of rotatable bonds is 7. The molecule has 2 aromatic carbocycles. The van der Waals surface area contributed by atoms with Crippen LogP contribution in [0, 0.1) is 13.8 Å². The fourth-order valence-corrected chi connectivity index (χ4v) is 4.00.